The molecule has 1 aromatic carbocycles. The molecule has 3 heteroatoms. The van der Waals surface area contributed by atoms with Gasteiger partial charge in [-0.1, -0.05) is 17.7 Å². The SMILES string of the molecule is Cc1cc(C)n(-c2cc(Cl)ccc2C)n1. The molecule has 0 fully saturated rings. The van der Waals surface area contributed by atoms with Crippen LogP contribution >= 0.6 is 11.6 Å². The van der Waals surface area contributed by atoms with E-state index in [4.69, 9.17) is 11.6 Å². The third kappa shape index (κ3) is 1.90. The maximum Gasteiger partial charge on any atom is 0.0692 e. The van der Waals surface area contributed by atoms with Gasteiger partial charge in [0.2, 0.25) is 0 Å². The van der Waals surface area contributed by atoms with Crippen LogP contribution in [0.5, 0.6) is 0 Å². The summed E-state index contributed by atoms with van der Waals surface area (Å²) in [5, 5.41) is 5.18. The van der Waals surface area contributed by atoms with Crippen LogP contribution in [0.4, 0.5) is 0 Å². The predicted octanol–water partition coefficient (Wildman–Crippen LogP) is 3.45. The Hall–Kier alpha value is -1.28. The largest absolute Gasteiger partial charge is 0.238 e. The molecule has 0 unspecified atom stereocenters. The third-order valence-electron chi connectivity index (χ3n) is 2.41. The van der Waals surface area contributed by atoms with Gasteiger partial charge in [-0.05, 0) is 44.5 Å². The molecule has 0 aliphatic carbocycles. The summed E-state index contributed by atoms with van der Waals surface area (Å²) in [6.45, 7) is 6.09. The molecule has 0 bridgehead atoms. The Bertz CT molecular complexity index is 500. The van der Waals surface area contributed by atoms with E-state index in [-0.39, 0.29) is 0 Å². The summed E-state index contributed by atoms with van der Waals surface area (Å²) in [7, 11) is 0. The summed E-state index contributed by atoms with van der Waals surface area (Å²) in [6, 6.07) is 7.90. The zero-order chi connectivity index (χ0) is 11.0. The highest BCUT2D eigenvalue weighted by molar-refractivity contribution is 6.30. The lowest BCUT2D eigenvalue weighted by atomic mass is 10.2. The standard InChI is InChI=1S/C12H13ClN2/c1-8-4-5-11(13)7-12(8)15-10(3)6-9(2)14-15/h4-7H,1-3H3. The summed E-state index contributed by atoms with van der Waals surface area (Å²) in [4.78, 5) is 0. The van der Waals surface area contributed by atoms with Gasteiger partial charge in [0.15, 0.2) is 0 Å². The molecule has 0 atom stereocenters. The average Bonchev–Trinajstić information content (AvgIpc) is 2.50. The second-order valence-electron chi connectivity index (χ2n) is 3.77. The second-order valence-corrected chi connectivity index (χ2v) is 4.21. The molecule has 0 spiro atoms. The quantitative estimate of drug-likeness (QED) is 0.720. The maximum absolute atomic E-state index is 5.98. The van der Waals surface area contributed by atoms with Crippen molar-refractivity contribution in [3.8, 4) is 5.69 Å². The average molecular weight is 221 g/mol. The van der Waals surface area contributed by atoms with Gasteiger partial charge in [-0.15, -0.1) is 0 Å². The lowest BCUT2D eigenvalue weighted by Crippen LogP contribution is -2.01. The summed E-state index contributed by atoms with van der Waals surface area (Å²) >= 11 is 5.98. The van der Waals surface area contributed by atoms with E-state index in [2.05, 4.69) is 18.1 Å². The van der Waals surface area contributed by atoms with E-state index in [0.717, 1.165) is 22.1 Å². The molecule has 0 aliphatic rings. The zero-order valence-electron chi connectivity index (χ0n) is 9.08. The zero-order valence-corrected chi connectivity index (χ0v) is 9.84. The van der Waals surface area contributed by atoms with Crippen LogP contribution in [0.3, 0.4) is 0 Å². The molecule has 0 amide bonds. The summed E-state index contributed by atoms with van der Waals surface area (Å²) in [6.07, 6.45) is 0. The van der Waals surface area contributed by atoms with Crippen molar-refractivity contribution in [1.29, 1.82) is 0 Å². The highest BCUT2D eigenvalue weighted by atomic mass is 35.5. The lowest BCUT2D eigenvalue weighted by molar-refractivity contribution is 0.827. The van der Waals surface area contributed by atoms with Crippen molar-refractivity contribution >= 4 is 11.6 Å². The molecule has 2 rings (SSSR count). The number of hydrogen-bond acceptors (Lipinski definition) is 1. The second kappa shape index (κ2) is 3.70. The number of halogens is 1. The normalized spacial score (nSPS) is 10.7. The Morgan fingerprint density at radius 1 is 1.13 bits per heavy atom. The van der Waals surface area contributed by atoms with E-state index in [1.54, 1.807) is 0 Å². The van der Waals surface area contributed by atoms with E-state index in [1.165, 1.54) is 5.56 Å². The number of benzene rings is 1. The predicted molar refractivity (Wildman–Crippen MR) is 62.8 cm³/mol. The van der Waals surface area contributed by atoms with Crippen molar-refractivity contribution in [3.63, 3.8) is 0 Å². The molecular weight excluding hydrogens is 208 g/mol. The van der Waals surface area contributed by atoms with E-state index >= 15 is 0 Å². The Balaban J connectivity index is 2.62. The topological polar surface area (TPSA) is 17.8 Å². The van der Waals surface area contributed by atoms with Gasteiger partial charge in [0.05, 0.1) is 11.4 Å². The van der Waals surface area contributed by atoms with Crippen molar-refractivity contribution < 1.29 is 0 Å². The molecule has 0 radical (unpaired) electrons. The van der Waals surface area contributed by atoms with Crippen LogP contribution in [-0.2, 0) is 0 Å². The fourth-order valence-corrected chi connectivity index (χ4v) is 1.85. The molecule has 0 saturated heterocycles. The lowest BCUT2D eigenvalue weighted by Gasteiger charge is -2.08. The Morgan fingerprint density at radius 2 is 1.87 bits per heavy atom. The van der Waals surface area contributed by atoms with Gasteiger partial charge in [0.1, 0.15) is 0 Å². The first kappa shape index (κ1) is 10.2. The van der Waals surface area contributed by atoms with Crippen molar-refractivity contribution in [2.45, 2.75) is 20.8 Å². The van der Waals surface area contributed by atoms with Gasteiger partial charge >= 0.3 is 0 Å². The molecule has 1 aromatic heterocycles. The van der Waals surface area contributed by atoms with Crippen LogP contribution in [0.25, 0.3) is 5.69 Å². The van der Waals surface area contributed by atoms with Crippen LogP contribution in [0.2, 0.25) is 5.02 Å². The minimum Gasteiger partial charge on any atom is -0.238 e. The molecule has 0 saturated carbocycles. The highest BCUT2D eigenvalue weighted by Gasteiger charge is 2.06. The van der Waals surface area contributed by atoms with Gasteiger partial charge in [0, 0.05) is 10.7 Å². The van der Waals surface area contributed by atoms with Gasteiger partial charge in [-0.3, -0.25) is 0 Å². The first-order valence-electron chi connectivity index (χ1n) is 4.88. The van der Waals surface area contributed by atoms with Crippen LogP contribution in [0, 0.1) is 20.8 Å². The number of nitrogens with zero attached hydrogens (tertiary/aromatic N) is 2. The van der Waals surface area contributed by atoms with Crippen LogP contribution in [-0.4, -0.2) is 9.78 Å². The van der Waals surface area contributed by atoms with Crippen molar-refractivity contribution in [1.82, 2.24) is 9.78 Å². The van der Waals surface area contributed by atoms with Crippen molar-refractivity contribution in [2.75, 3.05) is 0 Å². The summed E-state index contributed by atoms with van der Waals surface area (Å²) in [5.74, 6) is 0. The maximum atomic E-state index is 5.98. The van der Waals surface area contributed by atoms with Crippen molar-refractivity contribution in [3.05, 3.63) is 46.2 Å². The molecule has 0 aliphatic heterocycles. The molecule has 15 heavy (non-hydrogen) atoms. The molecule has 2 nitrogen and oxygen atoms in total. The number of aryl methyl sites for hydroxylation is 3. The number of rotatable bonds is 1. The van der Waals surface area contributed by atoms with E-state index in [1.807, 2.05) is 36.7 Å². The monoisotopic (exact) mass is 220 g/mol. The van der Waals surface area contributed by atoms with Gasteiger partial charge < -0.3 is 0 Å². The van der Waals surface area contributed by atoms with E-state index in [9.17, 15) is 0 Å². The first-order chi connectivity index (χ1) is 7.08. The van der Waals surface area contributed by atoms with Gasteiger partial charge in [0.25, 0.3) is 0 Å². The highest BCUT2D eigenvalue weighted by Crippen LogP contribution is 2.20. The Kier molecular flexibility index (Phi) is 2.53. The minimum atomic E-state index is 0.739. The molecule has 78 valence electrons. The van der Waals surface area contributed by atoms with Crippen LogP contribution < -0.4 is 0 Å². The minimum absolute atomic E-state index is 0.739. The Morgan fingerprint density at radius 3 is 2.47 bits per heavy atom. The summed E-state index contributed by atoms with van der Waals surface area (Å²) in [5.41, 5.74) is 4.36. The molecule has 2 aromatic rings. The van der Waals surface area contributed by atoms with Gasteiger partial charge in [-0.2, -0.15) is 5.10 Å². The fraction of sp³-hybridized carbons (Fsp3) is 0.250. The fourth-order valence-electron chi connectivity index (χ4n) is 1.68. The Labute approximate surface area is 94.5 Å². The molecular formula is C12H13ClN2. The molecule has 1 heterocycles. The first-order valence-corrected chi connectivity index (χ1v) is 5.25. The number of aromatic nitrogens is 2. The summed E-state index contributed by atoms with van der Waals surface area (Å²) < 4.78 is 1.93. The van der Waals surface area contributed by atoms with Crippen molar-refractivity contribution in [2.24, 2.45) is 0 Å². The smallest absolute Gasteiger partial charge is 0.0692 e. The third-order valence-corrected chi connectivity index (χ3v) is 2.64. The van der Waals surface area contributed by atoms with E-state index < -0.39 is 0 Å². The van der Waals surface area contributed by atoms with Crippen LogP contribution in [0.1, 0.15) is 17.0 Å². The van der Waals surface area contributed by atoms with Crippen LogP contribution in [0.15, 0.2) is 24.3 Å². The number of hydrogen-bond donors (Lipinski definition) is 0. The molecule has 0 N–H and O–H groups in total. The van der Waals surface area contributed by atoms with Gasteiger partial charge in [-0.25, -0.2) is 4.68 Å². The van der Waals surface area contributed by atoms with E-state index in [0.29, 0.717) is 0 Å².